The van der Waals surface area contributed by atoms with Gasteiger partial charge < -0.3 is 14.8 Å². The number of nitrogens with one attached hydrogen (secondary N) is 1. The molecule has 4 rings (SSSR count). The number of rotatable bonds is 3. The van der Waals surface area contributed by atoms with Gasteiger partial charge in [-0.05, 0) is 42.5 Å². The summed E-state index contributed by atoms with van der Waals surface area (Å²) < 4.78 is 5.40. The molecule has 0 radical (unpaired) electrons. The van der Waals surface area contributed by atoms with Crippen LogP contribution in [0.15, 0.2) is 39.5 Å². The Labute approximate surface area is 145 Å². The van der Waals surface area contributed by atoms with Crippen LogP contribution in [0.2, 0.25) is 0 Å². The maximum Gasteiger partial charge on any atom is 0.349 e. The van der Waals surface area contributed by atoms with Crippen LogP contribution in [-0.4, -0.2) is 17.1 Å². The fourth-order valence-corrected chi connectivity index (χ4v) is 3.76. The van der Waals surface area contributed by atoms with E-state index >= 15 is 0 Å². The maximum atomic E-state index is 12.7. The average molecular weight is 339 g/mol. The van der Waals surface area contributed by atoms with Gasteiger partial charge in [-0.3, -0.25) is 4.79 Å². The van der Waals surface area contributed by atoms with Crippen molar-refractivity contribution in [3.8, 4) is 0 Å². The predicted octanol–water partition coefficient (Wildman–Crippen LogP) is 2.60. The Morgan fingerprint density at radius 3 is 2.72 bits per heavy atom. The lowest BCUT2D eigenvalue weighted by Crippen LogP contribution is -2.36. The van der Waals surface area contributed by atoms with E-state index in [2.05, 4.69) is 5.32 Å². The highest BCUT2D eigenvalue weighted by atomic mass is 16.4. The number of hydrogen-bond donors (Lipinski definition) is 2. The van der Waals surface area contributed by atoms with Crippen molar-refractivity contribution in [2.24, 2.45) is 0 Å². The summed E-state index contributed by atoms with van der Waals surface area (Å²) in [6, 6.07) is 8.92. The minimum Gasteiger partial charge on any atom is -0.427 e. The van der Waals surface area contributed by atoms with Crippen molar-refractivity contribution in [2.75, 3.05) is 0 Å². The largest absolute Gasteiger partial charge is 0.427 e. The summed E-state index contributed by atoms with van der Waals surface area (Å²) >= 11 is 0. The molecule has 1 aromatic carbocycles. The number of carbonyl (C=O) groups is 1. The molecule has 2 atom stereocenters. The normalized spacial score (nSPS) is 22.3. The van der Waals surface area contributed by atoms with E-state index in [1.807, 2.05) is 24.3 Å². The molecule has 1 saturated carbocycles. The zero-order valence-electron chi connectivity index (χ0n) is 14.1. The van der Waals surface area contributed by atoms with Gasteiger partial charge in [0.25, 0.3) is 5.91 Å². The minimum atomic E-state index is -0.692. The molecular weight excluding hydrogens is 318 g/mol. The summed E-state index contributed by atoms with van der Waals surface area (Å²) in [7, 11) is 0. The molecule has 25 heavy (non-hydrogen) atoms. The van der Waals surface area contributed by atoms with Crippen LogP contribution in [0.1, 0.15) is 64.0 Å². The van der Waals surface area contributed by atoms with Crippen molar-refractivity contribution >= 4 is 5.91 Å². The highest BCUT2D eigenvalue weighted by molar-refractivity contribution is 5.95. The molecule has 2 N–H and O–H groups in total. The van der Waals surface area contributed by atoms with Gasteiger partial charge in [-0.2, -0.15) is 0 Å². The van der Waals surface area contributed by atoms with Gasteiger partial charge in [-0.25, -0.2) is 4.79 Å². The van der Waals surface area contributed by atoms with Gasteiger partial charge in [0.1, 0.15) is 11.3 Å². The molecule has 0 unspecified atom stereocenters. The number of aliphatic hydroxyl groups excluding tert-OH is 1. The van der Waals surface area contributed by atoms with E-state index in [0.29, 0.717) is 23.7 Å². The quantitative estimate of drug-likeness (QED) is 0.901. The van der Waals surface area contributed by atoms with Crippen molar-refractivity contribution in [3.63, 3.8) is 0 Å². The molecule has 5 heteroatoms. The lowest BCUT2D eigenvalue weighted by atomic mass is 9.83. The second-order valence-corrected chi connectivity index (χ2v) is 7.04. The lowest BCUT2D eigenvalue weighted by molar-refractivity contribution is 0.0853. The maximum absolute atomic E-state index is 12.7. The molecule has 5 nitrogen and oxygen atoms in total. The Bertz CT molecular complexity index is 882. The fourth-order valence-electron chi connectivity index (χ4n) is 3.76. The van der Waals surface area contributed by atoms with E-state index in [9.17, 15) is 14.7 Å². The van der Waals surface area contributed by atoms with Crippen molar-refractivity contribution in [3.05, 3.63) is 68.8 Å². The van der Waals surface area contributed by atoms with Crippen LogP contribution in [0.25, 0.3) is 0 Å². The van der Waals surface area contributed by atoms with Gasteiger partial charge in [-0.1, -0.05) is 30.7 Å². The molecule has 0 aliphatic heterocycles. The number of amides is 1. The number of fused-ring (bicyclic) bond motifs is 1. The molecule has 1 aromatic heterocycles. The monoisotopic (exact) mass is 339 g/mol. The molecule has 0 saturated heterocycles. The summed E-state index contributed by atoms with van der Waals surface area (Å²) in [6.07, 6.45) is 3.00. The summed E-state index contributed by atoms with van der Waals surface area (Å²) in [5, 5.41) is 13.1. The number of aryl methyl sites for hydroxylation is 1. The molecule has 2 aliphatic carbocycles. The molecule has 2 aliphatic rings. The Morgan fingerprint density at radius 2 is 2.04 bits per heavy atom. The molecule has 1 fully saturated rings. The van der Waals surface area contributed by atoms with Crippen LogP contribution in [0.5, 0.6) is 0 Å². The molecule has 1 heterocycles. The molecular formula is C20H21NO4. The zero-order chi connectivity index (χ0) is 17.6. The summed E-state index contributed by atoms with van der Waals surface area (Å²) in [4.78, 5) is 25.0. The first-order valence-corrected chi connectivity index (χ1v) is 8.76. The van der Waals surface area contributed by atoms with Crippen molar-refractivity contribution in [2.45, 2.75) is 50.7 Å². The van der Waals surface area contributed by atoms with Gasteiger partial charge in [-0.15, -0.1) is 0 Å². The summed E-state index contributed by atoms with van der Waals surface area (Å²) in [5.41, 5.74) is 1.97. The second-order valence-electron chi connectivity index (χ2n) is 7.04. The third-order valence-electron chi connectivity index (χ3n) is 5.39. The first kappa shape index (κ1) is 16.1. The van der Waals surface area contributed by atoms with Crippen molar-refractivity contribution in [1.82, 2.24) is 5.32 Å². The Morgan fingerprint density at radius 1 is 1.28 bits per heavy atom. The van der Waals surface area contributed by atoms with Crippen LogP contribution in [0.4, 0.5) is 0 Å². The first-order valence-electron chi connectivity index (χ1n) is 8.76. The number of carbonyl (C=O) groups excluding carboxylic acids is 1. The van der Waals surface area contributed by atoms with Crippen molar-refractivity contribution in [1.29, 1.82) is 0 Å². The average Bonchev–Trinajstić information content (AvgIpc) is 2.81. The van der Waals surface area contributed by atoms with E-state index in [4.69, 9.17) is 4.42 Å². The number of benzene rings is 1. The zero-order valence-corrected chi connectivity index (χ0v) is 14.1. The van der Waals surface area contributed by atoms with Crippen LogP contribution in [-0.2, 0) is 6.42 Å². The Balaban J connectivity index is 1.60. The molecule has 130 valence electrons. The lowest BCUT2D eigenvalue weighted by Gasteiger charge is -2.24. The number of hydrogen-bond acceptors (Lipinski definition) is 4. The van der Waals surface area contributed by atoms with E-state index in [1.165, 1.54) is 0 Å². The fraction of sp³-hybridized carbons (Fsp3) is 0.400. The first-order chi connectivity index (χ1) is 12.0. The van der Waals surface area contributed by atoms with Gasteiger partial charge >= 0.3 is 5.63 Å². The van der Waals surface area contributed by atoms with Gasteiger partial charge in [0.05, 0.1) is 12.1 Å². The van der Waals surface area contributed by atoms with Gasteiger partial charge in [0.2, 0.25) is 0 Å². The van der Waals surface area contributed by atoms with Crippen LogP contribution < -0.4 is 10.9 Å². The van der Waals surface area contributed by atoms with Gasteiger partial charge in [0, 0.05) is 12.3 Å². The molecule has 2 aromatic rings. The highest BCUT2D eigenvalue weighted by Gasteiger charge is 2.33. The SMILES string of the molecule is Cc1cc(C2CCC2)oc(=O)c1C(=O)N[C@@H]1c2ccccc2C[C@@H]1O. The van der Waals surface area contributed by atoms with Crippen molar-refractivity contribution < 1.29 is 14.3 Å². The smallest absolute Gasteiger partial charge is 0.349 e. The minimum absolute atomic E-state index is 0.0275. The molecule has 0 bridgehead atoms. The van der Waals surface area contributed by atoms with Crippen LogP contribution in [0, 0.1) is 6.92 Å². The third kappa shape index (κ3) is 2.78. The highest BCUT2D eigenvalue weighted by Crippen LogP contribution is 2.36. The standard InChI is InChI=1S/C20H21NO4/c1-11-9-16(12-6-4-7-12)25-20(24)17(11)19(23)21-18-14-8-3-2-5-13(14)10-15(18)22/h2-3,5,8-9,12,15,18,22H,4,6-7,10H2,1H3,(H,21,23)/t15-,18+/m0/s1. The second kappa shape index (κ2) is 6.15. The third-order valence-corrected chi connectivity index (χ3v) is 5.39. The molecule has 0 spiro atoms. The van der Waals surface area contributed by atoms with E-state index in [0.717, 1.165) is 30.4 Å². The summed E-state index contributed by atoms with van der Waals surface area (Å²) in [5.74, 6) is 0.482. The Kier molecular flexibility index (Phi) is 3.96. The predicted molar refractivity (Wildman–Crippen MR) is 92.7 cm³/mol. The van der Waals surface area contributed by atoms with Crippen LogP contribution in [0.3, 0.4) is 0 Å². The van der Waals surface area contributed by atoms with Crippen LogP contribution >= 0.6 is 0 Å². The summed E-state index contributed by atoms with van der Waals surface area (Å²) in [6.45, 7) is 1.76. The molecule has 1 amide bonds. The van der Waals surface area contributed by atoms with E-state index < -0.39 is 23.7 Å². The Hall–Kier alpha value is -2.40. The van der Waals surface area contributed by atoms with E-state index in [1.54, 1.807) is 13.0 Å². The topological polar surface area (TPSA) is 79.5 Å². The van der Waals surface area contributed by atoms with E-state index in [-0.39, 0.29) is 5.56 Å². The van der Waals surface area contributed by atoms with Gasteiger partial charge in [0.15, 0.2) is 0 Å². The number of aliphatic hydroxyl groups is 1.